The van der Waals surface area contributed by atoms with Crippen molar-refractivity contribution < 1.29 is 17.6 Å². The number of benzene rings is 3. The van der Waals surface area contributed by atoms with E-state index in [0.29, 0.717) is 26.2 Å². The van der Waals surface area contributed by atoms with Gasteiger partial charge >= 0.3 is 0 Å². The molecule has 8 heteroatoms. The van der Waals surface area contributed by atoms with Crippen molar-refractivity contribution >= 4 is 21.6 Å². The minimum absolute atomic E-state index is 0.0522. The number of nitrogens with one attached hydrogen (secondary N) is 1. The zero-order valence-electron chi connectivity index (χ0n) is 18.4. The molecule has 1 fully saturated rings. The van der Waals surface area contributed by atoms with Crippen LogP contribution in [-0.4, -0.2) is 49.7 Å². The van der Waals surface area contributed by atoms with Gasteiger partial charge in [-0.25, -0.2) is 12.8 Å². The molecule has 1 aliphatic heterocycles. The Morgan fingerprint density at radius 1 is 0.939 bits per heavy atom. The largest absolute Gasteiger partial charge is 0.319 e. The van der Waals surface area contributed by atoms with Gasteiger partial charge in [0.2, 0.25) is 10.0 Å². The summed E-state index contributed by atoms with van der Waals surface area (Å²) < 4.78 is 41.9. The van der Waals surface area contributed by atoms with Gasteiger partial charge in [-0.3, -0.25) is 9.69 Å². The molecule has 1 N–H and O–H groups in total. The standard InChI is InChI=1S/C25H26FN3O3S/c1-19-10-11-23(26)24(16-19)27-25(30)21-8-5-9-22(17-21)33(31,32)29-14-12-28(13-15-29)18-20-6-3-2-4-7-20/h2-11,16-17H,12-15,18H2,1H3,(H,27,30). The van der Waals surface area contributed by atoms with Crippen molar-refractivity contribution in [3.05, 3.63) is 95.3 Å². The second-order valence-corrected chi connectivity index (χ2v) is 10.1. The van der Waals surface area contributed by atoms with Crippen molar-refractivity contribution in [2.75, 3.05) is 31.5 Å². The van der Waals surface area contributed by atoms with Gasteiger partial charge in [0.1, 0.15) is 5.82 Å². The van der Waals surface area contributed by atoms with E-state index in [1.807, 2.05) is 18.2 Å². The van der Waals surface area contributed by atoms with Crippen LogP contribution in [0.1, 0.15) is 21.5 Å². The number of aryl methyl sites for hydroxylation is 1. The average molecular weight is 468 g/mol. The number of carbonyl (C=O) groups excluding carboxylic acids is 1. The summed E-state index contributed by atoms with van der Waals surface area (Å²) in [6.07, 6.45) is 0. The Hall–Kier alpha value is -3.07. The highest BCUT2D eigenvalue weighted by Crippen LogP contribution is 2.21. The van der Waals surface area contributed by atoms with Crippen LogP contribution in [-0.2, 0) is 16.6 Å². The Kier molecular flexibility index (Phi) is 6.88. The van der Waals surface area contributed by atoms with E-state index in [9.17, 15) is 17.6 Å². The molecular formula is C25H26FN3O3S. The zero-order valence-corrected chi connectivity index (χ0v) is 19.2. The predicted octanol–water partition coefficient (Wildman–Crippen LogP) is 3.89. The molecule has 1 saturated heterocycles. The molecule has 0 unspecified atom stereocenters. The van der Waals surface area contributed by atoms with Crippen LogP contribution in [0.3, 0.4) is 0 Å². The van der Waals surface area contributed by atoms with Crippen molar-refractivity contribution in [3.8, 4) is 0 Å². The summed E-state index contributed by atoms with van der Waals surface area (Å²) in [4.78, 5) is 14.9. The van der Waals surface area contributed by atoms with E-state index in [2.05, 4.69) is 22.3 Å². The number of rotatable bonds is 6. The van der Waals surface area contributed by atoms with Gasteiger partial charge in [0.25, 0.3) is 5.91 Å². The third kappa shape index (κ3) is 5.47. The Bertz CT molecular complexity index is 1240. The maximum absolute atomic E-state index is 14.0. The van der Waals surface area contributed by atoms with Crippen molar-refractivity contribution in [3.63, 3.8) is 0 Å². The lowest BCUT2D eigenvalue weighted by Gasteiger charge is -2.34. The molecule has 0 radical (unpaired) electrons. The number of amides is 1. The molecule has 0 saturated carbocycles. The number of sulfonamides is 1. The lowest BCUT2D eigenvalue weighted by molar-refractivity contribution is 0.102. The molecule has 33 heavy (non-hydrogen) atoms. The SMILES string of the molecule is Cc1ccc(F)c(NC(=O)c2cccc(S(=O)(=O)N3CCN(Cc4ccccc4)CC3)c2)c1. The Labute approximate surface area is 193 Å². The first-order valence-corrected chi connectivity index (χ1v) is 12.2. The molecular weight excluding hydrogens is 441 g/mol. The molecule has 0 bridgehead atoms. The van der Waals surface area contributed by atoms with Crippen LogP contribution in [0.25, 0.3) is 0 Å². The van der Waals surface area contributed by atoms with Crippen LogP contribution in [0.5, 0.6) is 0 Å². The first-order valence-electron chi connectivity index (χ1n) is 10.8. The normalized spacial score (nSPS) is 15.3. The van der Waals surface area contributed by atoms with Gasteiger partial charge in [0.05, 0.1) is 10.6 Å². The fourth-order valence-corrected chi connectivity index (χ4v) is 5.31. The Morgan fingerprint density at radius 3 is 2.39 bits per heavy atom. The zero-order chi connectivity index (χ0) is 23.4. The Balaban J connectivity index is 1.44. The lowest BCUT2D eigenvalue weighted by Crippen LogP contribution is -2.48. The summed E-state index contributed by atoms with van der Waals surface area (Å²) in [5, 5.41) is 2.53. The minimum Gasteiger partial charge on any atom is -0.319 e. The van der Waals surface area contributed by atoms with E-state index in [0.717, 1.165) is 12.1 Å². The maximum atomic E-state index is 14.0. The van der Waals surface area contributed by atoms with E-state index < -0.39 is 21.7 Å². The summed E-state index contributed by atoms with van der Waals surface area (Å²) in [5.41, 5.74) is 2.20. The molecule has 1 amide bonds. The number of piperazine rings is 1. The highest BCUT2D eigenvalue weighted by molar-refractivity contribution is 7.89. The van der Waals surface area contributed by atoms with Crippen LogP contribution < -0.4 is 5.32 Å². The second-order valence-electron chi connectivity index (χ2n) is 8.13. The summed E-state index contributed by atoms with van der Waals surface area (Å²) >= 11 is 0. The van der Waals surface area contributed by atoms with Gasteiger partial charge in [-0.1, -0.05) is 42.5 Å². The average Bonchev–Trinajstić information content (AvgIpc) is 2.82. The molecule has 3 aromatic rings. The molecule has 172 valence electrons. The summed E-state index contributed by atoms with van der Waals surface area (Å²) in [6, 6.07) is 20.4. The first kappa shape index (κ1) is 23.1. The molecule has 0 aromatic heterocycles. The fourth-order valence-electron chi connectivity index (χ4n) is 3.85. The number of hydrogen-bond donors (Lipinski definition) is 1. The van der Waals surface area contributed by atoms with Crippen LogP contribution >= 0.6 is 0 Å². The van der Waals surface area contributed by atoms with Crippen LogP contribution in [0.4, 0.5) is 10.1 Å². The van der Waals surface area contributed by atoms with Gasteiger partial charge < -0.3 is 5.32 Å². The van der Waals surface area contributed by atoms with Crippen molar-refractivity contribution in [1.29, 1.82) is 0 Å². The van der Waals surface area contributed by atoms with Gasteiger partial charge in [0.15, 0.2) is 0 Å². The lowest BCUT2D eigenvalue weighted by atomic mass is 10.2. The third-order valence-electron chi connectivity index (χ3n) is 5.68. The van der Waals surface area contributed by atoms with Crippen molar-refractivity contribution in [1.82, 2.24) is 9.21 Å². The van der Waals surface area contributed by atoms with Gasteiger partial charge in [0, 0.05) is 38.3 Å². The quantitative estimate of drug-likeness (QED) is 0.597. The van der Waals surface area contributed by atoms with Gasteiger partial charge in [-0.05, 0) is 48.4 Å². The molecule has 1 aliphatic rings. The number of anilines is 1. The van der Waals surface area contributed by atoms with E-state index in [-0.39, 0.29) is 16.1 Å². The molecule has 0 spiro atoms. The predicted molar refractivity (Wildman–Crippen MR) is 126 cm³/mol. The molecule has 0 atom stereocenters. The van der Waals surface area contributed by atoms with E-state index in [1.54, 1.807) is 13.0 Å². The minimum atomic E-state index is -3.75. The molecule has 0 aliphatic carbocycles. The molecule has 4 rings (SSSR count). The molecule has 3 aromatic carbocycles. The van der Waals surface area contributed by atoms with Crippen LogP contribution in [0.15, 0.2) is 77.7 Å². The second kappa shape index (κ2) is 9.82. The maximum Gasteiger partial charge on any atom is 0.255 e. The highest BCUT2D eigenvalue weighted by atomic mass is 32.2. The number of hydrogen-bond acceptors (Lipinski definition) is 4. The Morgan fingerprint density at radius 2 is 1.67 bits per heavy atom. The highest BCUT2D eigenvalue weighted by Gasteiger charge is 2.29. The monoisotopic (exact) mass is 467 g/mol. The van der Waals surface area contributed by atoms with Crippen molar-refractivity contribution in [2.45, 2.75) is 18.4 Å². The third-order valence-corrected chi connectivity index (χ3v) is 7.58. The van der Waals surface area contributed by atoms with Gasteiger partial charge in [-0.2, -0.15) is 4.31 Å². The topological polar surface area (TPSA) is 69.7 Å². The molecule has 6 nitrogen and oxygen atoms in total. The van der Waals surface area contributed by atoms with Crippen LogP contribution in [0.2, 0.25) is 0 Å². The van der Waals surface area contributed by atoms with E-state index in [1.165, 1.54) is 46.3 Å². The molecule has 1 heterocycles. The van der Waals surface area contributed by atoms with Gasteiger partial charge in [-0.15, -0.1) is 0 Å². The summed E-state index contributed by atoms with van der Waals surface area (Å²) in [7, 11) is -3.75. The van der Waals surface area contributed by atoms with E-state index >= 15 is 0 Å². The first-order chi connectivity index (χ1) is 15.8. The number of nitrogens with zero attached hydrogens (tertiary/aromatic N) is 2. The summed E-state index contributed by atoms with van der Waals surface area (Å²) in [5.74, 6) is -1.12. The summed E-state index contributed by atoms with van der Waals surface area (Å²) in [6.45, 7) is 4.57. The van der Waals surface area contributed by atoms with Crippen molar-refractivity contribution in [2.24, 2.45) is 0 Å². The van der Waals surface area contributed by atoms with Crippen LogP contribution in [0, 0.1) is 12.7 Å². The number of carbonyl (C=O) groups is 1. The smallest absolute Gasteiger partial charge is 0.255 e. The fraction of sp³-hybridized carbons (Fsp3) is 0.240. The number of halogens is 1. The van der Waals surface area contributed by atoms with E-state index in [4.69, 9.17) is 0 Å².